The van der Waals surface area contributed by atoms with Crippen molar-refractivity contribution < 1.29 is 46.3 Å². The molecule has 4 nitrogen and oxygen atoms in total. The average Bonchev–Trinajstić information content (AvgIpc) is 1.59. The van der Waals surface area contributed by atoms with E-state index in [0.717, 1.165) is 0 Å². The van der Waals surface area contributed by atoms with Gasteiger partial charge in [0.15, 0.2) is 0 Å². The predicted octanol–water partition coefficient (Wildman–Crippen LogP) is -3.58. The molecule has 3 unspecified atom stereocenters. The molecular weight excluding hydrogens is 157 g/mol. The van der Waals surface area contributed by atoms with E-state index >= 15 is 0 Å². The van der Waals surface area contributed by atoms with Gasteiger partial charge in [-0.1, -0.05) is 0 Å². The van der Waals surface area contributed by atoms with Crippen molar-refractivity contribution in [3.05, 3.63) is 0 Å². The second kappa shape index (κ2) is 6.37. The van der Waals surface area contributed by atoms with Gasteiger partial charge in [0.1, 0.15) is 18.7 Å². The van der Waals surface area contributed by atoms with Gasteiger partial charge in [0.2, 0.25) is 0 Å². The van der Waals surface area contributed by atoms with E-state index in [9.17, 15) is 0 Å². The number of aliphatic hydroxyl groups is 3. The van der Waals surface area contributed by atoms with Gasteiger partial charge in [-0.15, -0.1) is 0 Å². The summed E-state index contributed by atoms with van der Waals surface area (Å²) in [7, 11) is 0. The predicted molar refractivity (Wildman–Crippen MR) is 38.0 cm³/mol. The summed E-state index contributed by atoms with van der Waals surface area (Å²) in [5.74, 6) is 0. The Hall–Kier alpha value is 0.840. The topological polar surface area (TPSA) is 63.9 Å². The molecule has 0 aliphatic carbocycles. The molecule has 0 saturated heterocycles. The molecule has 0 spiro atoms. The SMILES string of the molecule is CC(O)N(C(C)O)C(C)O.[H-].[Na+]. The molecule has 0 bridgehead atoms. The molecular formula is C6H16NNaO3. The van der Waals surface area contributed by atoms with Crippen LogP contribution in [0.5, 0.6) is 0 Å². The Balaban J connectivity index is -0.000000405. The van der Waals surface area contributed by atoms with Crippen molar-refractivity contribution in [3.63, 3.8) is 0 Å². The van der Waals surface area contributed by atoms with Crippen molar-refractivity contribution in [2.24, 2.45) is 0 Å². The normalized spacial score (nSPS) is 18.8. The van der Waals surface area contributed by atoms with Crippen LogP contribution in [0.3, 0.4) is 0 Å². The molecule has 3 N–H and O–H groups in total. The molecule has 0 rings (SSSR count). The minimum Gasteiger partial charge on any atom is -1.00 e. The molecule has 0 aromatic carbocycles. The van der Waals surface area contributed by atoms with Crippen molar-refractivity contribution in [1.82, 2.24) is 4.90 Å². The van der Waals surface area contributed by atoms with E-state index < -0.39 is 18.7 Å². The van der Waals surface area contributed by atoms with Crippen LogP contribution in [-0.4, -0.2) is 38.9 Å². The number of hydrogen-bond acceptors (Lipinski definition) is 4. The Bertz CT molecular complexity index is 83.8. The number of aliphatic hydroxyl groups excluding tert-OH is 3. The van der Waals surface area contributed by atoms with Crippen LogP contribution in [-0.2, 0) is 0 Å². The largest absolute Gasteiger partial charge is 1.00 e. The molecule has 0 aromatic rings. The van der Waals surface area contributed by atoms with Crippen LogP contribution < -0.4 is 29.6 Å². The monoisotopic (exact) mass is 173 g/mol. The fourth-order valence-corrected chi connectivity index (χ4v) is 0.937. The first-order chi connectivity index (χ1) is 4.46. The van der Waals surface area contributed by atoms with E-state index in [4.69, 9.17) is 15.3 Å². The Kier molecular flexibility index (Phi) is 8.32. The third-order valence-corrected chi connectivity index (χ3v) is 1.29. The molecule has 3 atom stereocenters. The minimum absolute atomic E-state index is 0. The average molecular weight is 173 g/mol. The van der Waals surface area contributed by atoms with Gasteiger partial charge < -0.3 is 16.7 Å². The van der Waals surface area contributed by atoms with Crippen LogP contribution >= 0.6 is 0 Å². The second-order valence-electron chi connectivity index (χ2n) is 2.34. The Morgan fingerprint density at radius 2 is 1.09 bits per heavy atom. The zero-order valence-corrected chi connectivity index (χ0v) is 9.52. The smallest absolute Gasteiger partial charge is 1.00 e. The molecule has 0 aromatic heterocycles. The van der Waals surface area contributed by atoms with Crippen LogP contribution in [0.25, 0.3) is 0 Å². The Morgan fingerprint density at radius 3 is 1.09 bits per heavy atom. The van der Waals surface area contributed by atoms with Gasteiger partial charge in [0.25, 0.3) is 0 Å². The summed E-state index contributed by atoms with van der Waals surface area (Å²) in [5, 5.41) is 26.9. The fraction of sp³-hybridized carbons (Fsp3) is 1.00. The number of rotatable bonds is 3. The number of nitrogens with zero attached hydrogens (tertiary/aromatic N) is 1. The molecule has 0 fully saturated rings. The molecule has 0 aliphatic rings. The van der Waals surface area contributed by atoms with Crippen molar-refractivity contribution in [3.8, 4) is 0 Å². The van der Waals surface area contributed by atoms with Gasteiger partial charge in [-0.25, -0.2) is 4.90 Å². The maximum Gasteiger partial charge on any atom is 1.00 e. The van der Waals surface area contributed by atoms with Crippen molar-refractivity contribution in [2.45, 2.75) is 39.5 Å². The van der Waals surface area contributed by atoms with Gasteiger partial charge in [-0.2, -0.15) is 0 Å². The molecule has 0 saturated carbocycles. The first-order valence-electron chi connectivity index (χ1n) is 3.28. The summed E-state index contributed by atoms with van der Waals surface area (Å²) in [4.78, 5) is 1.17. The molecule has 0 radical (unpaired) electrons. The van der Waals surface area contributed by atoms with E-state index in [1.54, 1.807) is 0 Å². The summed E-state index contributed by atoms with van der Waals surface area (Å²) < 4.78 is 0. The van der Waals surface area contributed by atoms with Gasteiger partial charge >= 0.3 is 29.6 Å². The summed E-state index contributed by atoms with van der Waals surface area (Å²) in [5.41, 5.74) is 0. The fourth-order valence-electron chi connectivity index (χ4n) is 0.937. The van der Waals surface area contributed by atoms with Gasteiger partial charge in [-0.05, 0) is 20.8 Å². The van der Waals surface area contributed by atoms with E-state index in [1.807, 2.05) is 0 Å². The quantitative estimate of drug-likeness (QED) is 0.305. The van der Waals surface area contributed by atoms with Gasteiger partial charge in [0, 0.05) is 0 Å². The maximum atomic E-state index is 8.96. The van der Waals surface area contributed by atoms with Crippen LogP contribution in [0.1, 0.15) is 22.2 Å². The third-order valence-electron chi connectivity index (χ3n) is 1.29. The van der Waals surface area contributed by atoms with Gasteiger partial charge in [-0.3, -0.25) is 0 Å². The third kappa shape index (κ3) is 5.14. The maximum absolute atomic E-state index is 8.96. The first-order valence-corrected chi connectivity index (χ1v) is 3.28. The van der Waals surface area contributed by atoms with E-state index in [-0.39, 0.29) is 31.0 Å². The first kappa shape index (κ1) is 14.4. The van der Waals surface area contributed by atoms with Crippen molar-refractivity contribution >= 4 is 0 Å². The summed E-state index contributed by atoms with van der Waals surface area (Å²) >= 11 is 0. The standard InChI is InChI=1S/C6H15NO3.Na.H/c1-4(8)7(5(2)9)6(3)10;;/h4-6,8-10H,1-3H3;;/q;+1;-1. The molecule has 5 heteroatoms. The van der Waals surface area contributed by atoms with E-state index in [2.05, 4.69) is 0 Å². The Morgan fingerprint density at radius 1 is 0.909 bits per heavy atom. The van der Waals surface area contributed by atoms with Crippen molar-refractivity contribution in [2.75, 3.05) is 0 Å². The van der Waals surface area contributed by atoms with Crippen LogP contribution in [0, 0.1) is 0 Å². The second-order valence-corrected chi connectivity index (χ2v) is 2.34. The molecule has 0 aliphatic heterocycles. The van der Waals surface area contributed by atoms with Crippen LogP contribution in [0.2, 0.25) is 0 Å². The van der Waals surface area contributed by atoms with Crippen LogP contribution in [0.15, 0.2) is 0 Å². The molecule has 11 heavy (non-hydrogen) atoms. The Labute approximate surface area is 90.6 Å². The summed E-state index contributed by atoms with van der Waals surface area (Å²) in [6.07, 6.45) is -2.50. The molecule has 64 valence electrons. The molecule has 0 heterocycles. The summed E-state index contributed by atoms with van der Waals surface area (Å²) in [6, 6.07) is 0. The van der Waals surface area contributed by atoms with Gasteiger partial charge in [0.05, 0.1) is 0 Å². The van der Waals surface area contributed by atoms with Crippen molar-refractivity contribution in [1.29, 1.82) is 0 Å². The number of hydrogen-bond donors (Lipinski definition) is 3. The van der Waals surface area contributed by atoms with E-state index in [1.165, 1.54) is 25.7 Å². The molecule has 0 amide bonds. The zero-order valence-electron chi connectivity index (χ0n) is 8.52. The van der Waals surface area contributed by atoms with Crippen LogP contribution in [0.4, 0.5) is 0 Å². The summed E-state index contributed by atoms with van der Waals surface area (Å²) in [6.45, 7) is 4.46. The minimum atomic E-state index is -0.833. The van der Waals surface area contributed by atoms with E-state index in [0.29, 0.717) is 0 Å². The zero-order chi connectivity index (χ0) is 8.31.